The number of carbonyl (C=O) groups excluding carboxylic acids is 1. The average Bonchev–Trinajstić information content (AvgIpc) is 2.58. The van der Waals surface area contributed by atoms with Gasteiger partial charge >= 0.3 is 0 Å². The second-order valence-corrected chi connectivity index (χ2v) is 5.50. The molecule has 2 N–H and O–H groups in total. The summed E-state index contributed by atoms with van der Waals surface area (Å²) in [6.07, 6.45) is 0.880. The summed E-state index contributed by atoms with van der Waals surface area (Å²) in [5, 5.41) is 6.60. The number of ether oxygens (including phenoxy) is 1. The zero-order chi connectivity index (χ0) is 16.5. The van der Waals surface area contributed by atoms with Crippen molar-refractivity contribution in [2.75, 3.05) is 20.1 Å². The Balaban J connectivity index is 2.00. The summed E-state index contributed by atoms with van der Waals surface area (Å²) in [5.41, 5.74) is 1.42. The van der Waals surface area contributed by atoms with E-state index in [0.717, 1.165) is 18.5 Å². The van der Waals surface area contributed by atoms with E-state index in [4.69, 9.17) is 16.3 Å². The lowest BCUT2D eigenvalue weighted by atomic mass is 10.2. The normalized spacial score (nSPS) is 10.3. The molecule has 0 saturated heterocycles. The first-order valence-corrected chi connectivity index (χ1v) is 7.98. The van der Waals surface area contributed by atoms with Crippen molar-refractivity contribution >= 4 is 17.5 Å². The van der Waals surface area contributed by atoms with Crippen LogP contribution in [0, 0.1) is 0 Å². The molecule has 0 fully saturated rings. The summed E-state index contributed by atoms with van der Waals surface area (Å²) in [6, 6.07) is 14.7. The molecule has 0 unspecified atom stereocenters. The number of nitrogens with one attached hydrogen (secondary N) is 2. The SMILES string of the molecule is CNCCCNC(=O)c1ccccc1OCc1ccccc1Cl. The van der Waals surface area contributed by atoms with Crippen molar-refractivity contribution in [2.24, 2.45) is 0 Å². The van der Waals surface area contributed by atoms with Gasteiger partial charge in [-0.25, -0.2) is 0 Å². The van der Waals surface area contributed by atoms with Gasteiger partial charge in [-0.15, -0.1) is 0 Å². The van der Waals surface area contributed by atoms with E-state index in [1.54, 1.807) is 12.1 Å². The molecule has 122 valence electrons. The van der Waals surface area contributed by atoms with Crippen LogP contribution >= 0.6 is 11.6 Å². The molecule has 0 spiro atoms. The highest BCUT2D eigenvalue weighted by atomic mass is 35.5. The van der Waals surface area contributed by atoms with E-state index in [2.05, 4.69) is 10.6 Å². The van der Waals surface area contributed by atoms with Gasteiger partial charge in [0.2, 0.25) is 0 Å². The maximum absolute atomic E-state index is 12.3. The molecule has 1 amide bonds. The van der Waals surface area contributed by atoms with Gasteiger partial charge in [0.05, 0.1) is 5.56 Å². The Bertz CT molecular complexity index is 646. The van der Waals surface area contributed by atoms with Crippen LogP contribution < -0.4 is 15.4 Å². The van der Waals surface area contributed by atoms with E-state index >= 15 is 0 Å². The Hall–Kier alpha value is -2.04. The van der Waals surface area contributed by atoms with Crippen molar-refractivity contribution in [1.82, 2.24) is 10.6 Å². The highest BCUT2D eigenvalue weighted by Crippen LogP contribution is 2.21. The van der Waals surface area contributed by atoms with Gasteiger partial charge in [-0.05, 0) is 38.2 Å². The minimum atomic E-state index is -0.129. The fourth-order valence-electron chi connectivity index (χ4n) is 2.11. The number of hydrogen-bond donors (Lipinski definition) is 2. The molecule has 0 aliphatic heterocycles. The van der Waals surface area contributed by atoms with E-state index in [9.17, 15) is 4.79 Å². The molecule has 0 bridgehead atoms. The Labute approximate surface area is 141 Å². The lowest BCUT2D eigenvalue weighted by molar-refractivity contribution is 0.0949. The van der Waals surface area contributed by atoms with Crippen molar-refractivity contribution < 1.29 is 9.53 Å². The van der Waals surface area contributed by atoms with Gasteiger partial charge in [0.25, 0.3) is 5.91 Å². The van der Waals surface area contributed by atoms with E-state index in [1.807, 2.05) is 43.4 Å². The molecule has 0 aromatic heterocycles. The molecule has 2 aromatic rings. The van der Waals surface area contributed by atoms with Crippen LogP contribution in [0.1, 0.15) is 22.3 Å². The van der Waals surface area contributed by atoms with E-state index in [-0.39, 0.29) is 5.91 Å². The number of halogens is 1. The van der Waals surface area contributed by atoms with Crippen molar-refractivity contribution in [1.29, 1.82) is 0 Å². The summed E-state index contributed by atoms with van der Waals surface area (Å²) in [5.74, 6) is 0.425. The van der Waals surface area contributed by atoms with Crippen LogP contribution in [0.25, 0.3) is 0 Å². The second-order valence-electron chi connectivity index (χ2n) is 5.09. The molecule has 23 heavy (non-hydrogen) atoms. The zero-order valence-corrected chi connectivity index (χ0v) is 13.9. The lowest BCUT2D eigenvalue weighted by Gasteiger charge is -2.12. The minimum absolute atomic E-state index is 0.129. The first kappa shape index (κ1) is 17.3. The van der Waals surface area contributed by atoms with Crippen LogP contribution in [-0.2, 0) is 6.61 Å². The Morgan fingerprint density at radius 3 is 2.61 bits per heavy atom. The van der Waals surface area contributed by atoms with Gasteiger partial charge in [-0.2, -0.15) is 0 Å². The Kier molecular flexibility index (Phi) is 6.91. The summed E-state index contributed by atoms with van der Waals surface area (Å²) in [4.78, 5) is 12.3. The monoisotopic (exact) mass is 332 g/mol. The van der Waals surface area contributed by atoms with Gasteiger partial charge in [0, 0.05) is 17.1 Å². The first-order valence-electron chi connectivity index (χ1n) is 7.60. The van der Waals surface area contributed by atoms with E-state index in [1.165, 1.54) is 0 Å². The predicted molar refractivity (Wildman–Crippen MR) is 93.1 cm³/mol. The number of hydrogen-bond acceptors (Lipinski definition) is 3. The molecular formula is C18H21ClN2O2. The molecule has 0 radical (unpaired) electrons. The molecule has 0 atom stereocenters. The van der Waals surface area contributed by atoms with Gasteiger partial charge in [-0.1, -0.05) is 41.9 Å². The lowest BCUT2D eigenvalue weighted by Crippen LogP contribution is -2.27. The van der Waals surface area contributed by atoms with Crippen LogP contribution in [0.3, 0.4) is 0 Å². The summed E-state index contributed by atoms with van der Waals surface area (Å²) >= 11 is 6.13. The van der Waals surface area contributed by atoms with Crippen LogP contribution in [0.15, 0.2) is 48.5 Å². The second kappa shape index (κ2) is 9.18. The van der Waals surface area contributed by atoms with Crippen LogP contribution in [0.2, 0.25) is 5.02 Å². The molecule has 0 aliphatic rings. The number of amides is 1. The maximum atomic E-state index is 12.3. The molecule has 2 aromatic carbocycles. The van der Waals surface area contributed by atoms with E-state index in [0.29, 0.717) is 29.5 Å². The van der Waals surface area contributed by atoms with Crippen molar-refractivity contribution in [2.45, 2.75) is 13.0 Å². The number of carbonyl (C=O) groups is 1. The number of para-hydroxylation sites is 1. The highest BCUT2D eigenvalue weighted by Gasteiger charge is 2.12. The predicted octanol–water partition coefficient (Wildman–Crippen LogP) is 3.26. The molecule has 0 heterocycles. The standard InChI is InChI=1S/C18H21ClN2O2/c1-20-11-6-12-21-18(22)15-8-3-5-10-17(15)23-13-14-7-2-4-9-16(14)19/h2-5,7-10,20H,6,11-13H2,1H3,(H,21,22). The van der Waals surface area contributed by atoms with Crippen molar-refractivity contribution in [3.05, 3.63) is 64.7 Å². The summed E-state index contributed by atoms with van der Waals surface area (Å²) < 4.78 is 5.80. The maximum Gasteiger partial charge on any atom is 0.255 e. The fourth-order valence-corrected chi connectivity index (χ4v) is 2.30. The smallest absolute Gasteiger partial charge is 0.255 e. The average molecular weight is 333 g/mol. The first-order chi connectivity index (χ1) is 11.2. The highest BCUT2D eigenvalue weighted by molar-refractivity contribution is 6.31. The van der Waals surface area contributed by atoms with Crippen LogP contribution in [-0.4, -0.2) is 26.0 Å². The van der Waals surface area contributed by atoms with E-state index < -0.39 is 0 Å². The van der Waals surface area contributed by atoms with Gasteiger partial charge < -0.3 is 15.4 Å². The zero-order valence-electron chi connectivity index (χ0n) is 13.1. The van der Waals surface area contributed by atoms with Gasteiger partial charge in [0.1, 0.15) is 12.4 Å². The Morgan fingerprint density at radius 1 is 1.09 bits per heavy atom. The minimum Gasteiger partial charge on any atom is -0.488 e. The number of rotatable bonds is 8. The van der Waals surface area contributed by atoms with Crippen LogP contribution in [0.5, 0.6) is 5.75 Å². The summed E-state index contributed by atoms with van der Waals surface area (Å²) in [7, 11) is 1.89. The third kappa shape index (κ3) is 5.27. The molecule has 0 saturated carbocycles. The molecule has 5 heteroatoms. The number of benzene rings is 2. The Morgan fingerprint density at radius 2 is 1.83 bits per heavy atom. The van der Waals surface area contributed by atoms with Crippen molar-refractivity contribution in [3.8, 4) is 5.75 Å². The molecular weight excluding hydrogens is 312 g/mol. The molecule has 0 aliphatic carbocycles. The largest absolute Gasteiger partial charge is 0.488 e. The molecule has 2 rings (SSSR count). The third-order valence-electron chi connectivity index (χ3n) is 3.36. The van der Waals surface area contributed by atoms with Gasteiger partial charge in [-0.3, -0.25) is 4.79 Å². The fraction of sp³-hybridized carbons (Fsp3) is 0.278. The van der Waals surface area contributed by atoms with Crippen LogP contribution in [0.4, 0.5) is 0 Å². The molecule has 4 nitrogen and oxygen atoms in total. The van der Waals surface area contributed by atoms with Gasteiger partial charge in [0.15, 0.2) is 0 Å². The summed E-state index contributed by atoms with van der Waals surface area (Å²) in [6.45, 7) is 1.81. The topological polar surface area (TPSA) is 50.4 Å². The van der Waals surface area contributed by atoms with Crippen molar-refractivity contribution in [3.63, 3.8) is 0 Å². The third-order valence-corrected chi connectivity index (χ3v) is 3.73. The quantitative estimate of drug-likeness (QED) is 0.729.